The van der Waals surface area contributed by atoms with Gasteiger partial charge in [0.2, 0.25) is 0 Å². The molecule has 0 bridgehead atoms. The van der Waals surface area contributed by atoms with Gasteiger partial charge in [-0.1, -0.05) is 48.0 Å². The lowest BCUT2D eigenvalue weighted by Gasteiger charge is -2.22. The summed E-state index contributed by atoms with van der Waals surface area (Å²) in [6.45, 7) is 2.62. The number of amides is 3. The van der Waals surface area contributed by atoms with Crippen LogP contribution in [0.25, 0.3) is 0 Å². The number of hydrogen-bond acceptors (Lipinski definition) is 3. The molecule has 0 aromatic heterocycles. The second kappa shape index (κ2) is 9.10. The molecule has 3 amide bonds. The number of ether oxygens (including phenoxy) is 1. The molecule has 0 radical (unpaired) electrons. The van der Waals surface area contributed by atoms with E-state index in [-0.39, 0.29) is 11.9 Å². The van der Waals surface area contributed by atoms with Gasteiger partial charge in [-0.05, 0) is 48.9 Å². The van der Waals surface area contributed by atoms with Crippen molar-refractivity contribution in [2.75, 3.05) is 10.6 Å². The fraction of sp³-hybridized carbons (Fsp3) is 0.167. The highest BCUT2D eigenvalue weighted by Gasteiger charge is 2.28. The van der Waals surface area contributed by atoms with Gasteiger partial charge in [-0.25, -0.2) is 4.79 Å². The summed E-state index contributed by atoms with van der Waals surface area (Å²) < 4.78 is 5.87. The van der Waals surface area contributed by atoms with E-state index in [0.717, 1.165) is 11.1 Å². The molecular weight excluding hydrogens is 414 g/mol. The SMILES string of the molecule is CC1Oc2ccc(NC(=O)Nc3cccc(Cl)c3)cc2CN(Cc2ccccc2)C1=O. The molecule has 1 aliphatic heterocycles. The van der Waals surface area contributed by atoms with Crippen LogP contribution < -0.4 is 15.4 Å². The number of rotatable bonds is 4. The molecule has 0 spiro atoms. The first kappa shape index (κ1) is 20.8. The van der Waals surface area contributed by atoms with E-state index in [2.05, 4.69) is 10.6 Å². The molecule has 0 aliphatic carbocycles. The fourth-order valence-electron chi connectivity index (χ4n) is 3.47. The van der Waals surface area contributed by atoms with Crippen molar-refractivity contribution in [3.05, 3.63) is 88.9 Å². The van der Waals surface area contributed by atoms with Gasteiger partial charge in [0, 0.05) is 35.1 Å². The molecule has 0 saturated heterocycles. The highest BCUT2D eigenvalue weighted by molar-refractivity contribution is 6.30. The Bertz CT molecular complexity index is 1100. The van der Waals surface area contributed by atoms with Crippen LogP contribution in [0.4, 0.5) is 16.2 Å². The molecule has 6 nitrogen and oxygen atoms in total. The van der Waals surface area contributed by atoms with Crippen LogP contribution in [-0.2, 0) is 17.9 Å². The number of anilines is 2. The maximum atomic E-state index is 12.8. The Morgan fingerprint density at radius 1 is 1.03 bits per heavy atom. The van der Waals surface area contributed by atoms with Crippen molar-refractivity contribution >= 4 is 34.9 Å². The monoisotopic (exact) mass is 435 g/mol. The minimum atomic E-state index is -0.588. The maximum absolute atomic E-state index is 12.8. The van der Waals surface area contributed by atoms with Crippen LogP contribution in [-0.4, -0.2) is 22.9 Å². The van der Waals surface area contributed by atoms with Crippen molar-refractivity contribution in [1.82, 2.24) is 4.90 Å². The first-order chi connectivity index (χ1) is 15.0. The van der Waals surface area contributed by atoms with E-state index in [1.807, 2.05) is 36.4 Å². The van der Waals surface area contributed by atoms with Crippen molar-refractivity contribution in [3.8, 4) is 5.75 Å². The molecule has 1 aliphatic rings. The van der Waals surface area contributed by atoms with Gasteiger partial charge >= 0.3 is 6.03 Å². The van der Waals surface area contributed by atoms with E-state index in [0.29, 0.717) is 35.2 Å². The van der Waals surface area contributed by atoms with Crippen molar-refractivity contribution in [3.63, 3.8) is 0 Å². The molecule has 2 N–H and O–H groups in total. The van der Waals surface area contributed by atoms with Gasteiger partial charge in [-0.15, -0.1) is 0 Å². The molecule has 3 aromatic rings. The highest BCUT2D eigenvalue weighted by Crippen LogP contribution is 2.29. The Morgan fingerprint density at radius 2 is 1.77 bits per heavy atom. The minimum absolute atomic E-state index is 0.0757. The number of carbonyl (C=O) groups excluding carboxylic acids is 2. The Labute approximate surface area is 185 Å². The number of nitrogens with zero attached hydrogens (tertiary/aromatic N) is 1. The lowest BCUT2D eigenvalue weighted by Crippen LogP contribution is -2.37. The van der Waals surface area contributed by atoms with Gasteiger partial charge in [-0.3, -0.25) is 4.79 Å². The van der Waals surface area contributed by atoms with Crippen molar-refractivity contribution in [2.24, 2.45) is 0 Å². The van der Waals surface area contributed by atoms with Gasteiger partial charge < -0.3 is 20.3 Å². The molecule has 158 valence electrons. The summed E-state index contributed by atoms with van der Waals surface area (Å²) >= 11 is 5.96. The summed E-state index contributed by atoms with van der Waals surface area (Å²) in [5.41, 5.74) is 3.07. The quantitative estimate of drug-likeness (QED) is 0.584. The maximum Gasteiger partial charge on any atom is 0.323 e. The average molecular weight is 436 g/mol. The topological polar surface area (TPSA) is 70.7 Å². The summed E-state index contributed by atoms with van der Waals surface area (Å²) in [7, 11) is 0. The lowest BCUT2D eigenvalue weighted by atomic mass is 10.1. The molecule has 3 aromatic carbocycles. The van der Waals surface area contributed by atoms with Crippen LogP contribution in [0.3, 0.4) is 0 Å². The van der Waals surface area contributed by atoms with E-state index < -0.39 is 6.10 Å². The smallest absolute Gasteiger partial charge is 0.323 e. The first-order valence-corrected chi connectivity index (χ1v) is 10.3. The zero-order valence-corrected chi connectivity index (χ0v) is 17.7. The molecule has 7 heteroatoms. The number of benzene rings is 3. The Kier molecular flexibility index (Phi) is 6.09. The summed E-state index contributed by atoms with van der Waals surface area (Å²) in [5.74, 6) is 0.561. The second-order valence-corrected chi connectivity index (χ2v) is 7.79. The third kappa shape index (κ3) is 5.16. The van der Waals surface area contributed by atoms with Gasteiger partial charge in [0.05, 0.1) is 0 Å². The molecular formula is C24H22ClN3O3. The van der Waals surface area contributed by atoms with Gasteiger partial charge in [0.25, 0.3) is 5.91 Å². The summed E-state index contributed by atoms with van der Waals surface area (Å²) in [6.07, 6.45) is -0.588. The van der Waals surface area contributed by atoms with E-state index >= 15 is 0 Å². The summed E-state index contributed by atoms with van der Waals surface area (Å²) in [5, 5.41) is 6.10. The predicted octanol–water partition coefficient (Wildman–Crippen LogP) is 5.29. The molecule has 1 atom stereocenters. The van der Waals surface area contributed by atoms with Crippen LogP contribution in [0.2, 0.25) is 5.02 Å². The van der Waals surface area contributed by atoms with Crippen molar-refractivity contribution in [2.45, 2.75) is 26.1 Å². The number of carbonyl (C=O) groups is 2. The van der Waals surface area contributed by atoms with Crippen LogP contribution >= 0.6 is 11.6 Å². The number of nitrogens with one attached hydrogen (secondary N) is 2. The number of hydrogen-bond donors (Lipinski definition) is 2. The average Bonchev–Trinajstić information content (AvgIpc) is 2.85. The molecule has 1 heterocycles. The zero-order valence-electron chi connectivity index (χ0n) is 17.0. The third-order valence-electron chi connectivity index (χ3n) is 4.94. The number of halogens is 1. The Balaban J connectivity index is 1.51. The largest absolute Gasteiger partial charge is 0.481 e. The minimum Gasteiger partial charge on any atom is -0.481 e. The Morgan fingerprint density at radius 3 is 2.52 bits per heavy atom. The lowest BCUT2D eigenvalue weighted by molar-refractivity contribution is -0.138. The third-order valence-corrected chi connectivity index (χ3v) is 5.18. The summed E-state index contributed by atoms with van der Waals surface area (Å²) in [6, 6.07) is 21.7. The molecule has 0 fully saturated rings. The summed E-state index contributed by atoms with van der Waals surface area (Å²) in [4.78, 5) is 27.0. The van der Waals surface area contributed by atoms with Gasteiger partial charge in [0.1, 0.15) is 5.75 Å². The normalized spacial score (nSPS) is 15.5. The van der Waals surface area contributed by atoms with Crippen LogP contribution in [0, 0.1) is 0 Å². The molecule has 1 unspecified atom stereocenters. The first-order valence-electron chi connectivity index (χ1n) is 9.94. The second-order valence-electron chi connectivity index (χ2n) is 7.35. The van der Waals surface area contributed by atoms with E-state index in [9.17, 15) is 9.59 Å². The van der Waals surface area contributed by atoms with E-state index in [4.69, 9.17) is 16.3 Å². The van der Waals surface area contributed by atoms with Gasteiger partial charge in [0.15, 0.2) is 6.10 Å². The van der Waals surface area contributed by atoms with Crippen LogP contribution in [0.5, 0.6) is 5.75 Å². The predicted molar refractivity (Wildman–Crippen MR) is 121 cm³/mol. The highest BCUT2D eigenvalue weighted by atomic mass is 35.5. The van der Waals surface area contributed by atoms with Crippen LogP contribution in [0.1, 0.15) is 18.1 Å². The molecule has 4 rings (SSSR count). The Hall–Kier alpha value is -3.51. The zero-order chi connectivity index (χ0) is 21.8. The van der Waals surface area contributed by atoms with E-state index in [1.54, 1.807) is 48.2 Å². The fourth-order valence-corrected chi connectivity index (χ4v) is 3.66. The van der Waals surface area contributed by atoms with Crippen molar-refractivity contribution in [1.29, 1.82) is 0 Å². The molecule has 0 saturated carbocycles. The van der Waals surface area contributed by atoms with Crippen LogP contribution in [0.15, 0.2) is 72.8 Å². The van der Waals surface area contributed by atoms with Crippen molar-refractivity contribution < 1.29 is 14.3 Å². The van der Waals surface area contributed by atoms with E-state index in [1.165, 1.54) is 0 Å². The standard InChI is InChI=1S/C24H22ClN3O3/c1-16-23(29)28(14-17-6-3-2-4-7-17)15-18-12-21(10-11-22(18)31-16)27-24(30)26-20-9-5-8-19(25)13-20/h2-13,16H,14-15H2,1H3,(H2,26,27,30). The van der Waals surface area contributed by atoms with Gasteiger partial charge in [-0.2, -0.15) is 0 Å². The number of urea groups is 1. The molecule has 31 heavy (non-hydrogen) atoms. The number of fused-ring (bicyclic) bond motifs is 1.